The third-order valence-electron chi connectivity index (χ3n) is 2.41. The molecular formula is C10H9BrO2. The van der Waals surface area contributed by atoms with E-state index in [0.717, 1.165) is 10.9 Å². The molecule has 13 heavy (non-hydrogen) atoms. The highest BCUT2D eigenvalue weighted by Crippen LogP contribution is 2.40. The van der Waals surface area contributed by atoms with Gasteiger partial charge in [0.1, 0.15) is 0 Å². The highest BCUT2D eigenvalue weighted by molar-refractivity contribution is 9.09. The monoisotopic (exact) mass is 240 g/mol. The van der Waals surface area contributed by atoms with Crippen LogP contribution in [-0.2, 0) is 9.53 Å². The molecule has 68 valence electrons. The number of hydrogen-bond acceptors (Lipinski definition) is 2. The van der Waals surface area contributed by atoms with Crippen molar-refractivity contribution >= 4 is 21.9 Å². The molecule has 0 aromatic rings. The third-order valence-corrected chi connectivity index (χ3v) is 3.06. The number of allylic oxidation sites excluding steroid dienone is 4. The first-order chi connectivity index (χ1) is 6.27. The van der Waals surface area contributed by atoms with Crippen LogP contribution in [0.4, 0.5) is 0 Å². The smallest absolute Gasteiger partial charge is 0.338 e. The van der Waals surface area contributed by atoms with Crippen LogP contribution in [0.5, 0.6) is 0 Å². The molecule has 1 atom stereocenters. The van der Waals surface area contributed by atoms with Gasteiger partial charge in [0.2, 0.25) is 0 Å². The topological polar surface area (TPSA) is 26.3 Å². The van der Waals surface area contributed by atoms with Crippen LogP contribution in [0.15, 0.2) is 34.9 Å². The summed E-state index contributed by atoms with van der Waals surface area (Å²) in [6.07, 6.45) is 5.95. The summed E-state index contributed by atoms with van der Waals surface area (Å²) in [4.78, 5) is 11.3. The Labute approximate surface area is 85.1 Å². The maximum absolute atomic E-state index is 11.3. The summed E-state index contributed by atoms with van der Waals surface area (Å²) in [6, 6.07) is 0. The van der Waals surface area contributed by atoms with Crippen LogP contribution in [0.3, 0.4) is 0 Å². The lowest BCUT2D eigenvalue weighted by molar-refractivity contribution is -0.135. The van der Waals surface area contributed by atoms with Crippen molar-refractivity contribution in [3.05, 3.63) is 34.9 Å². The van der Waals surface area contributed by atoms with E-state index in [0.29, 0.717) is 11.5 Å². The van der Waals surface area contributed by atoms with E-state index >= 15 is 0 Å². The van der Waals surface area contributed by atoms with Crippen LogP contribution in [0, 0.1) is 5.92 Å². The molecule has 3 heteroatoms. The Morgan fingerprint density at radius 2 is 2.38 bits per heavy atom. The lowest BCUT2D eigenvalue weighted by Crippen LogP contribution is -2.05. The molecule has 0 spiro atoms. The molecule has 2 bridgehead atoms. The minimum atomic E-state index is -0.236. The number of carbonyl (C=O) groups excluding carboxylic acids is 1. The molecule has 0 saturated carbocycles. The fourth-order valence-corrected chi connectivity index (χ4v) is 2.46. The standard InChI is InChI=1S/C10H9BrO2/c1-13-10(12)8-4-6-2-3-7(8)9(6)5-11/h2-4,9H,5H2,1H3. The number of halogens is 1. The van der Waals surface area contributed by atoms with Crippen molar-refractivity contribution in [2.75, 3.05) is 12.4 Å². The molecule has 2 nitrogen and oxygen atoms in total. The van der Waals surface area contributed by atoms with E-state index in [9.17, 15) is 4.79 Å². The molecular weight excluding hydrogens is 232 g/mol. The molecule has 0 N–H and O–H groups in total. The van der Waals surface area contributed by atoms with Crippen LogP contribution >= 0.6 is 15.9 Å². The minimum absolute atomic E-state index is 0.236. The van der Waals surface area contributed by atoms with Crippen LogP contribution in [0.25, 0.3) is 0 Å². The fraction of sp³-hybridized carbons (Fsp3) is 0.300. The van der Waals surface area contributed by atoms with Gasteiger partial charge in [0.25, 0.3) is 0 Å². The van der Waals surface area contributed by atoms with Crippen LogP contribution in [-0.4, -0.2) is 18.4 Å². The van der Waals surface area contributed by atoms with Gasteiger partial charge in [-0.15, -0.1) is 0 Å². The first kappa shape index (κ1) is 8.75. The Morgan fingerprint density at radius 1 is 1.62 bits per heavy atom. The summed E-state index contributed by atoms with van der Waals surface area (Å²) >= 11 is 3.43. The number of hydrogen-bond donors (Lipinski definition) is 0. The van der Waals surface area contributed by atoms with Crippen LogP contribution in [0.2, 0.25) is 0 Å². The normalized spacial score (nSPS) is 23.8. The van der Waals surface area contributed by atoms with E-state index in [2.05, 4.69) is 20.7 Å². The maximum Gasteiger partial charge on any atom is 0.338 e. The van der Waals surface area contributed by atoms with Crippen molar-refractivity contribution in [3.63, 3.8) is 0 Å². The van der Waals surface area contributed by atoms with Gasteiger partial charge in [-0.1, -0.05) is 28.1 Å². The van der Waals surface area contributed by atoms with E-state index in [1.807, 2.05) is 18.2 Å². The Morgan fingerprint density at radius 3 is 2.92 bits per heavy atom. The Bertz CT molecular complexity index is 350. The molecule has 2 rings (SSSR count). The highest BCUT2D eigenvalue weighted by Gasteiger charge is 2.31. The molecule has 0 heterocycles. The second kappa shape index (κ2) is 3.14. The predicted octanol–water partition coefficient (Wildman–Crippen LogP) is 1.98. The molecule has 0 aliphatic heterocycles. The Kier molecular flexibility index (Phi) is 2.12. The molecule has 0 amide bonds. The molecule has 0 saturated heterocycles. The van der Waals surface area contributed by atoms with Crippen molar-refractivity contribution in [2.24, 2.45) is 5.92 Å². The van der Waals surface area contributed by atoms with Crippen molar-refractivity contribution in [1.82, 2.24) is 0 Å². The lowest BCUT2D eigenvalue weighted by atomic mass is 10.0. The molecule has 2 aliphatic rings. The fourth-order valence-electron chi connectivity index (χ4n) is 1.73. The van der Waals surface area contributed by atoms with Gasteiger partial charge < -0.3 is 4.74 Å². The van der Waals surface area contributed by atoms with E-state index in [-0.39, 0.29) is 5.97 Å². The largest absolute Gasteiger partial charge is 0.465 e. The van der Waals surface area contributed by atoms with Gasteiger partial charge in [-0.05, 0) is 17.2 Å². The van der Waals surface area contributed by atoms with E-state index in [1.165, 1.54) is 12.7 Å². The van der Waals surface area contributed by atoms with Crippen molar-refractivity contribution in [1.29, 1.82) is 0 Å². The zero-order valence-electron chi connectivity index (χ0n) is 7.21. The van der Waals surface area contributed by atoms with Gasteiger partial charge in [-0.25, -0.2) is 4.79 Å². The average Bonchev–Trinajstić information content (AvgIpc) is 2.72. The quantitative estimate of drug-likeness (QED) is 0.545. The summed E-state index contributed by atoms with van der Waals surface area (Å²) in [5.41, 5.74) is 3.00. The first-order valence-electron chi connectivity index (χ1n) is 4.06. The van der Waals surface area contributed by atoms with Gasteiger partial charge in [0.05, 0.1) is 12.7 Å². The molecule has 2 aliphatic carbocycles. The number of alkyl halides is 1. The summed E-state index contributed by atoms with van der Waals surface area (Å²) in [5.74, 6) is 0.120. The molecule has 0 radical (unpaired) electrons. The van der Waals surface area contributed by atoms with Gasteiger partial charge in [-0.2, -0.15) is 0 Å². The zero-order valence-corrected chi connectivity index (χ0v) is 8.80. The number of rotatable bonds is 2. The average molecular weight is 241 g/mol. The van der Waals surface area contributed by atoms with Gasteiger partial charge in [-0.3, -0.25) is 0 Å². The summed E-state index contributed by atoms with van der Waals surface area (Å²) in [6.45, 7) is 0. The zero-order chi connectivity index (χ0) is 9.42. The number of esters is 1. The molecule has 0 fully saturated rings. The second-order valence-corrected chi connectivity index (χ2v) is 3.69. The van der Waals surface area contributed by atoms with Gasteiger partial charge in [0, 0.05) is 11.2 Å². The SMILES string of the molecule is COC(=O)C1=C2C=CC(=C1)C2CBr. The summed E-state index contributed by atoms with van der Waals surface area (Å²) in [7, 11) is 1.41. The van der Waals surface area contributed by atoms with Crippen molar-refractivity contribution < 1.29 is 9.53 Å². The number of fused-ring (bicyclic) bond motifs is 2. The lowest BCUT2D eigenvalue weighted by Gasteiger charge is -2.05. The van der Waals surface area contributed by atoms with Gasteiger partial charge in [0.15, 0.2) is 0 Å². The summed E-state index contributed by atoms with van der Waals surface area (Å²) < 4.78 is 4.69. The number of carbonyl (C=O) groups is 1. The highest BCUT2D eigenvalue weighted by atomic mass is 79.9. The van der Waals surface area contributed by atoms with Crippen LogP contribution < -0.4 is 0 Å². The number of methoxy groups -OCH3 is 1. The maximum atomic E-state index is 11.3. The Balaban J connectivity index is 2.38. The van der Waals surface area contributed by atoms with E-state index in [1.54, 1.807) is 0 Å². The minimum Gasteiger partial charge on any atom is -0.465 e. The van der Waals surface area contributed by atoms with Crippen molar-refractivity contribution in [2.45, 2.75) is 0 Å². The summed E-state index contributed by atoms with van der Waals surface area (Å²) in [5, 5.41) is 0.863. The third kappa shape index (κ3) is 1.18. The van der Waals surface area contributed by atoms with E-state index < -0.39 is 0 Å². The van der Waals surface area contributed by atoms with E-state index in [4.69, 9.17) is 0 Å². The predicted molar refractivity (Wildman–Crippen MR) is 53.5 cm³/mol. The second-order valence-electron chi connectivity index (χ2n) is 3.05. The van der Waals surface area contributed by atoms with Crippen molar-refractivity contribution in [3.8, 4) is 0 Å². The van der Waals surface area contributed by atoms with Crippen LogP contribution in [0.1, 0.15) is 0 Å². The number of ether oxygens (including phenoxy) is 1. The molecule has 0 aromatic heterocycles. The molecule has 0 aromatic carbocycles. The Hall–Kier alpha value is -0.830. The first-order valence-corrected chi connectivity index (χ1v) is 5.18. The van der Waals surface area contributed by atoms with Gasteiger partial charge >= 0.3 is 5.97 Å². The molecule has 1 unspecified atom stereocenters.